The molecule has 0 atom stereocenters. The number of hydrogen-bond donors (Lipinski definition) is 1. The second-order valence-corrected chi connectivity index (χ2v) is 3.48. The topological polar surface area (TPSA) is 55.6 Å². The minimum atomic E-state index is 0.490. The first-order valence-electron chi connectivity index (χ1n) is 4.91. The number of ether oxygens (including phenoxy) is 1. The van der Waals surface area contributed by atoms with Gasteiger partial charge in [-0.25, -0.2) is 0 Å². The molecular formula is C11H13N2O2. The zero-order valence-corrected chi connectivity index (χ0v) is 8.40. The summed E-state index contributed by atoms with van der Waals surface area (Å²) >= 11 is 0. The predicted molar refractivity (Wildman–Crippen MR) is 58.7 cm³/mol. The number of carbonyl (C=O) groups excluding carboxylic acids is 1. The zero-order valence-electron chi connectivity index (χ0n) is 8.40. The maximum absolute atomic E-state index is 10.4. The molecule has 1 radical (unpaired) electrons. The summed E-state index contributed by atoms with van der Waals surface area (Å²) in [5.41, 5.74) is 7.95. The fraction of sp³-hybridized carbons (Fsp3) is 0.364. The van der Waals surface area contributed by atoms with Crippen LogP contribution in [0.15, 0.2) is 18.2 Å². The molecule has 1 heterocycles. The van der Waals surface area contributed by atoms with E-state index in [0.29, 0.717) is 11.3 Å². The number of nitrogen functional groups attached to an aromatic ring is 1. The molecule has 0 amide bonds. The van der Waals surface area contributed by atoms with Crippen LogP contribution in [-0.2, 0) is 9.53 Å². The molecular weight excluding hydrogens is 192 g/mol. The Hall–Kier alpha value is -1.55. The molecule has 1 aliphatic rings. The van der Waals surface area contributed by atoms with Crippen molar-refractivity contribution in [2.45, 2.75) is 0 Å². The SMILES string of the molecule is Nc1cc([C]=O)ccc1N1CCOCC1. The summed E-state index contributed by atoms with van der Waals surface area (Å²) in [7, 11) is 0. The van der Waals surface area contributed by atoms with Gasteiger partial charge >= 0.3 is 0 Å². The molecule has 4 nitrogen and oxygen atoms in total. The van der Waals surface area contributed by atoms with Crippen molar-refractivity contribution in [3.63, 3.8) is 0 Å². The minimum absolute atomic E-state index is 0.490. The normalized spacial score (nSPS) is 16.4. The molecule has 0 unspecified atom stereocenters. The van der Waals surface area contributed by atoms with Crippen LogP contribution in [0.4, 0.5) is 11.4 Å². The Morgan fingerprint density at radius 1 is 1.33 bits per heavy atom. The van der Waals surface area contributed by atoms with Crippen LogP contribution in [0.5, 0.6) is 0 Å². The largest absolute Gasteiger partial charge is 0.397 e. The van der Waals surface area contributed by atoms with Crippen LogP contribution in [-0.4, -0.2) is 32.6 Å². The van der Waals surface area contributed by atoms with Crippen LogP contribution in [0.25, 0.3) is 0 Å². The van der Waals surface area contributed by atoms with Crippen LogP contribution >= 0.6 is 0 Å². The van der Waals surface area contributed by atoms with Crippen LogP contribution in [0.1, 0.15) is 5.56 Å². The minimum Gasteiger partial charge on any atom is -0.397 e. The van der Waals surface area contributed by atoms with Crippen LogP contribution in [0.2, 0.25) is 0 Å². The molecule has 2 rings (SSSR count). The summed E-state index contributed by atoms with van der Waals surface area (Å²) in [6, 6.07) is 5.24. The van der Waals surface area contributed by atoms with Gasteiger partial charge in [-0.05, 0) is 18.2 Å². The van der Waals surface area contributed by atoms with E-state index in [0.717, 1.165) is 32.0 Å². The lowest BCUT2D eigenvalue weighted by molar-refractivity contribution is 0.123. The number of nitrogens with two attached hydrogens (primary N) is 1. The molecule has 1 fully saturated rings. The highest BCUT2D eigenvalue weighted by Crippen LogP contribution is 2.24. The van der Waals surface area contributed by atoms with Crippen LogP contribution in [0, 0.1) is 0 Å². The molecule has 4 heteroatoms. The van der Waals surface area contributed by atoms with Crippen molar-refractivity contribution < 1.29 is 9.53 Å². The second-order valence-electron chi connectivity index (χ2n) is 3.48. The predicted octanol–water partition coefficient (Wildman–Crippen LogP) is 0.563. The number of nitrogens with zero attached hydrogens (tertiary/aromatic N) is 1. The lowest BCUT2D eigenvalue weighted by Gasteiger charge is -2.29. The Morgan fingerprint density at radius 3 is 2.67 bits per heavy atom. The molecule has 1 saturated heterocycles. The van der Waals surface area contributed by atoms with Crippen molar-refractivity contribution in [2.75, 3.05) is 36.9 Å². The van der Waals surface area contributed by atoms with Crippen molar-refractivity contribution >= 4 is 17.7 Å². The molecule has 1 aromatic rings. The van der Waals surface area contributed by atoms with Crippen LogP contribution < -0.4 is 10.6 Å². The third-order valence-electron chi connectivity index (χ3n) is 2.50. The lowest BCUT2D eigenvalue weighted by atomic mass is 10.1. The zero-order chi connectivity index (χ0) is 10.7. The monoisotopic (exact) mass is 205 g/mol. The summed E-state index contributed by atoms with van der Waals surface area (Å²) in [5.74, 6) is 0. The number of anilines is 2. The highest BCUT2D eigenvalue weighted by atomic mass is 16.5. The van der Waals surface area contributed by atoms with Crippen LogP contribution in [0.3, 0.4) is 0 Å². The molecule has 0 aromatic heterocycles. The molecule has 0 bridgehead atoms. The number of rotatable bonds is 2. The first kappa shape index (κ1) is 9.98. The summed E-state index contributed by atoms with van der Waals surface area (Å²) in [6.45, 7) is 3.13. The average molecular weight is 205 g/mol. The quantitative estimate of drug-likeness (QED) is 0.717. The van der Waals surface area contributed by atoms with Crippen molar-refractivity contribution in [3.8, 4) is 0 Å². The van der Waals surface area contributed by atoms with Gasteiger partial charge in [0.2, 0.25) is 6.29 Å². The van der Waals surface area contributed by atoms with E-state index in [9.17, 15) is 4.79 Å². The highest BCUT2D eigenvalue weighted by molar-refractivity contribution is 5.81. The molecule has 0 spiro atoms. The van der Waals surface area contributed by atoms with E-state index >= 15 is 0 Å². The van der Waals surface area contributed by atoms with Gasteiger partial charge in [-0.1, -0.05) is 0 Å². The van der Waals surface area contributed by atoms with Gasteiger partial charge in [-0.3, -0.25) is 4.79 Å². The Balaban J connectivity index is 2.23. The Labute approximate surface area is 88.6 Å². The third kappa shape index (κ3) is 2.10. The van der Waals surface area contributed by atoms with Crippen molar-refractivity contribution in [1.82, 2.24) is 0 Å². The van der Waals surface area contributed by atoms with E-state index in [2.05, 4.69) is 4.90 Å². The third-order valence-corrected chi connectivity index (χ3v) is 2.50. The van der Waals surface area contributed by atoms with Gasteiger partial charge < -0.3 is 15.4 Å². The van der Waals surface area contributed by atoms with Crippen molar-refractivity contribution in [2.24, 2.45) is 0 Å². The number of hydrogen-bond acceptors (Lipinski definition) is 4. The highest BCUT2D eigenvalue weighted by Gasteiger charge is 2.13. The van der Waals surface area contributed by atoms with Gasteiger partial charge in [0, 0.05) is 18.7 Å². The standard InChI is InChI=1S/C11H13N2O2/c12-10-7-9(8-14)1-2-11(10)13-3-5-15-6-4-13/h1-2,7H,3-6,12H2. The molecule has 0 saturated carbocycles. The van der Waals surface area contributed by atoms with Gasteiger partial charge in [-0.15, -0.1) is 0 Å². The molecule has 1 aliphatic heterocycles. The summed E-state index contributed by atoms with van der Waals surface area (Å²) in [4.78, 5) is 12.6. The second kappa shape index (κ2) is 4.31. The van der Waals surface area contributed by atoms with E-state index in [-0.39, 0.29) is 0 Å². The lowest BCUT2D eigenvalue weighted by Crippen LogP contribution is -2.36. The maximum atomic E-state index is 10.4. The number of benzene rings is 1. The summed E-state index contributed by atoms with van der Waals surface area (Å²) in [6.07, 6.45) is 1.82. The van der Waals surface area contributed by atoms with E-state index < -0.39 is 0 Å². The fourth-order valence-corrected chi connectivity index (χ4v) is 1.71. The van der Waals surface area contributed by atoms with Gasteiger partial charge in [0.25, 0.3) is 0 Å². The van der Waals surface area contributed by atoms with Crippen molar-refractivity contribution in [1.29, 1.82) is 0 Å². The molecule has 2 N–H and O–H groups in total. The molecule has 15 heavy (non-hydrogen) atoms. The molecule has 0 aliphatic carbocycles. The van der Waals surface area contributed by atoms with Gasteiger partial charge in [0.15, 0.2) is 0 Å². The van der Waals surface area contributed by atoms with Gasteiger partial charge in [0.1, 0.15) is 0 Å². The molecule has 79 valence electrons. The van der Waals surface area contributed by atoms with E-state index in [1.165, 1.54) is 0 Å². The Kier molecular flexibility index (Phi) is 2.87. The van der Waals surface area contributed by atoms with E-state index in [4.69, 9.17) is 10.5 Å². The Morgan fingerprint density at radius 2 is 2.07 bits per heavy atom. The maximum Gasteiger partial charge on any atom is 0.233 e. The average Bonchev–Trinajstić information content (AvgIpc) is 2.30. The number of morpholine rings is 1. The molecule has 1 aromatic carbocycles. The van der Waals surface area contributed by atoms with Gasteiger partial charge in [0.05, 0.1) is 24.6 Å². The first-order valence-corrected chi connectivity index (χ1v) is 4.91. The fourth-order valence-electron chi connectivity index (χ4n) is 1.71. The van der Waals surface area contributed by atoms with E-state index in [1.807, 2.05) is 12.4 Å². The van der Waals surface area contributed by atoms with Gasteiger partial charge in [-0.2, -0.15) is 0 Å². The first-order chi connectivity index (χ1) is 7.31. The summed E-state index contributed by atoms with van der Waals surface area (Å²) < 4.78 is 5.26. The Bertz CT molecular complexity index is 360. The summed E-state index contributed by atoms with van der Waals surface area (Å²) in [5, 5.41) is 0. The van der Waals surface area contributed by atoms with E-state index in [1.54, 1.807) is 12.1 Å². The van der Waals surface area contributed by atoms with Crippen molar-refractivity contribution in [3.05, 3.63) is 23.8 Å². The smallest absolute Gasteiger partial charge is 0.233 e.